The first-order chi connectivity index (χ1) is 15.5. The third kappa shape index (κ3) is 3.79. The highest BCUT2D eigenvalue weighted by Gasteiger charge is 2.31. The number of hydrogen-bond acceptors (Lipinski definition) is 6. The van der Waals surface area contributed by atoms with Crippen LogP contribution in [0.5, 0.6) is 17.2 Å². The molecule has 170 valence electrons. The van der Waals surface area contributed by atoms with Crippen molar-refractivity contribution in [3.63, 3.8) is 0 Å². The molecule has 0 bridgehead atoms. The van der Waals surface area contributed by atoms with E-state index >= 15 is 0 Å². The average molecular weight is 441 g/mol. The molecule has 2 aromatic heterocycles. The van der Waals surface area contributed by atoms with E-state index in [1.54, 1.807) is 12.1 Å². The summed E-state index contributed by atoms with van der Waals surface area (Å²) < 4.78 is 17.6. The van der Waals surface area contributed by atoms with Gasteiger partial charge in [-0.2, -0.15) is 0 Å². The molecule has 1 fully saturated rings. The Kier molecular flexibility index (Phi) is 6.07. The summed E-state index contributed by atoms with van der Waals surface area (Å²) in [6, 6.07) is 6.54. The Balaban J connectivity index is 1.73. The van der Waals surface area contributed by atoms with Gasteiger partial charge in [-0.25, -0.2) is 9.50 Å². The summed E-state index contributed by atoms with van der Waals surface area (Å²) in [7, 11) is 4.57. The Morgan fingerprint density at radius 3 is 2.44 bits per heavy atom. The van der Waals surface area contributed by atoms with Gasteiger partial charge < -0.3 is 19.1 Å². The minimum absolute atomic E-state index is 0.137. The number of amides is 1. The number of fused-ring (bicyclic) bond motifs is 1. The molecule has 32 heavy (non-hydrogen) atoms. The number of aromatic amines is 1. The zero-order valence-corrected chi connectivity index (χ0v) is 18.8. The van der Waals surface area contributed by atoms with Crippen LogP contribution in [-0.4, -0.2) is 53.3 Å². The number of nitrogens with one attached hydrogen (secondary N) is 1. The topological polar surface area (TPSA) is 98.2 Å². The first-order valence-corrected chi connectivity index (χ1v) is 10.7. The van der Waals surface area contributed by atoms with Crippen molar-refractivity contribution in [3.05, 3.63) is 51.6 Å². The number of methoxy groups -OCH3 is 3. The smallest absolute Gasteiger partial charge is 0.272 e. The van der Waals surface area contributed by atoms with E-state index in [-0.39, 0.29) is 17.5 Å². The number of hydrogen-bond donors (Lipinski definition) is 1. The molecule has 0 unspecified atom stereocenters. The second-order valence-electron chi connectivity index (χ2n) is 7.77. The first kappa shape index (κ1) is 21.7. The fraction of sp³-hybridized carbons (Fsp3) is 0.435. The van der Waals surface area contributed by atoms with Crippen molar-refractivity contribution < 1.29 is 19.0 Å². The van der Waals surface area contributed by atoms with Crippen molar-refractivity contribution in [2.75, 3.05) is 27.9 Å². The Hall–Kier alpha value is -3.49. The van der Waals surface area contributed by atoms with Crippen LogP contribution in [0.3, 0.4) is 0 Å². The van der Waals surface area contributed by atoms with Crippen LogP contribution in [0.25, 0.3) is 5.65 Å². The quantitative estimate of drug-likeness (QED) is 0.633. The molecule has 1 atom stereocenters. The van der Waals surface area contributed by atoms with Crippen molar-refractivity contribution in [1.82, 2.24) is 19.5 Å². The van der Waals surface area contributed by atoms with Crippen molar-refractivity contribution in [1.29, 1.82) is 0 Å². The molecule has 3 heterocycles. The number of aromatic nitrogens is 3. The number of nitrogens with zero attached hydrogens (tertiary/aromatic N) is 3. The summed E-state index contributed by atoms with van der Waals surface area (Å²) in [6.45, 7) is 2.57. The van der Waals surface area contributed by atoms with E-state index in [4.69, 9.17) is 14.2 Å². The molecule has 1 saturated heterocycles. The molecule has 1 amide bonds. The SMILES string of the molecule is CCc1cc(=O)n2[nH]c([C@H]3CCCCN3C(=O)c3cc(OC)c(OC)c(OC)c3)cc2n1. The minimum atomic E-state index is -0.193. The van der Waals surface area contributed by atoms with Crippen LogP contribution in [0.1, 0.15) is 54.0 Å². The molecule has 0 spiro atoms. The van der Waals surface area contributed by atoms with E-state index in [0.717, 1.165) is 30.7 Å². The van der Waals surface area contributed by atoms with Gasteiger partial charge in [0.2, 0.25) is 5.75 Å². The average Bonchev–Trinajstić information content (AvgIpc) is 3.27. The van der Waals surface area contributed by atoms with Gasteiger partial charge in [-0.15, -0.1) is 0 Å². The van der Waals surface area contributed by atoms with Crippen molar-refractivity contribution in [3.8, 4) is 17.2 Å². The summed E-state index contributed by atoms with van der Waals surface area (Å²) in [5.74, 6) is 1.16. The number of rotatable bonds is 6. The molecule has 0 saturated carbocycles. The van der Waals surface area contributed by atoms with E-state index in [1.165, 1.54) is 31.9 Å². The lowest BCUT2D eigenvalue weighted by atomic mass is 9.98. The van der Waals surface area contributed by atoms with Crippen molar-refractivity contribution in [2.45, 2.75) is 38.6 Å². The van der Waals surface area contributed by atoms with Crippen LogP contribution in [0.2, 0.25) is 0 Å². The number of ether oxygens (including phenoxy) is 3. The normalized spacial score (nSPS) is 16.2. The predicted octanol–water partition coefficient (Wildman–Crippen LogP) is 2.98. The number of aryl methyl sites for hydroxylation is 1. The number of benzene rings is 1. The van der Waals surface area contributed by atoms with Crippen molar-refractivity contribution >= 4 is 11.6 Å². The van der Waals surface area contributed by atoms with Crippen LogP contribution >= 0.6 is 0 Å². The van der Waals surface area contributed by atoms with Gasteiger partial charge in [0.1, 0.15) is 0 Å². The van der Waals surface area contributed by atoms with E-state index in [9.17, 15) is 9.59 Å². The lowest BCUT2D eigenvalue weighted by Crippen LogP contribution is -2.38. The fourth-order valence-corrected chi connectivity index (χ4v) is 4.28. The number of H-pyrrole nitrogens is 1. The van der Waals surface area contributed by atoms with Gasteiger partial charge in [0, 0.05) is 29.9 Å². The Labute approximate surface area is 185 Å². The molecule has 3 aromatic rings. The van der Waals surface area contributed by atoms with Gasteiger partial charge in [-0.3, -0.25) is 14.7 Å². The summed E-state index contributed by atoms with van der Waals surface area (Å²) in [4.78, 5) is 32.4. The minimum Gasteiger partial charge on any atom is -0.493 e. The molecule has 1 aliphatic rings. The van der Waals surface area contributed by atoms with E-state index < -0.39 is 0 Å². The van der Waals surface area contributed by atoms with Crippen LogP contribution in [0.4, 0.5) is 0 Å². The zero-order valence-electron chi connectivity index (χ0n) is 18.8. The lowest BCUT2D eigenvalue weighted by molar-refractivity contribution is 0.0605. The van der Waals surface area contributed by atoms with Crippen LogP contribution in [-0.2, 0) is 6.42 Å². The maximum Gasteiger partial charge on any atom is 0.272 e. The highest BCUT2D eigenvalue weighted by Crippen LogP contribution is 2.39. The van der Waals surface area contributed by atoms with Gasteiger partial charge >= 0.3 is 0 Å². The van der Waals surface area contributed by atoms with Crippen LogP contribution in [0.15, 0.2) is 29.1 Å². The third-order valence-corrected chi connectivity index (χ3v) is 5.92. The molecule has 4 rings (SSSR count). The molecule has 0 aliphatic carbocycles. The highest BCUT2D eigenvalue weighted by molar-refractivity contribution is 5.96. The summed E-state index contributed by atoms with van der Waals surface area (Å²) >= 11 is 0. The monoisotopic (exact) mass is 440 g/mol. The molecule has 1 aromatic carbocycles. The molecule has 1 N–H and O–H groups in total. The maximum absolute atomic E-state index is 13.6. The van der Waals surface area contributed by atoms with Crippen LogP contribution < -0.4 is 19.8 Å². The molecule has 0 radical (unpaired) electrons. The van der Waals surface area contributed by atoms with Gasteiger partial charge in [0.05, 0.1) is 33.1 Å². The second-order valence-corrected chi connectivity index (χ2v) is 7.77. The summed E-state index contributed by atoms with van der Waals surface area (Å²) in [5.41, 5.74) is 2.40. The van der Waals surface area contributed by atoms with Gasteiger partial charge in [0.25, 0.3) is 11.5 Å². The van der Waals surface area contributed by atoms with Crippen LogP contribution in [0, 0.1) is 0 Å². The predicted molar refractivity (Wildman–Crippen MR) is 119 cm³/mol. The lowest BCUT2D eigenvalue weighted by Gasteiger charge is -2.35. The third-order valence-electron chi connectivity index (χ3n) is 5.92. The summed E-state index contributed by atoms with van der Waals surface area (Å²) in [6.07, 6.45) is 3.37. The Morgan fingerprint density at radius 1 is 1.09 bits per heavy atom. The highest BCUT2D eigenvalue weighted by atomic mass is 16.5. The summed E-state index contributed by atoms with van der Waals surface area (Å²) in [5, 5.41) is 3.16. The standard InChI is InChI=1S/C23H28N4O5/c1-5-15-12-21(28)27-20(24-15)13-16(25-27)17-8-6-7-9-26(17)23(29)14-10-18(30-2)22(32-4)19(11-14)31-3/h10-13,17,25H,5-9H2,1-4H3/t17-/m1/s1. The molecular weight excluding hydrogens is 412 g/mol. The molecule has 9 nitrogen and oxygen atoms in total. The number of piperidine rings is 1. The molecule has 9 heteroatoms. The maximum atomic E-state index is 13.6. The zero-order chi connectivity index (χ0) is 22.8. The Morgan fingerprint density at radius 2 is 1.81 bits per heavy atom. The first-order valence-electron chi connectivity index (χ1n) is 10.7. The molecular formula is C23H28N4O5. The van der Waals surface area contributed by atoms with Gasteiger partial charge in [-0.1, -0.05) is 6.92 Å². The number of carbonyl (C=O) groups excluding carboxylic acids is 1. The number of carbonyl (C=O) groups is 1. The van der Waals surface area contributed by atoms with Crippen molar-refractivity contribution in [2.24, 2.45) is 0 Å². The largest absolute Gasteiger partial charge is 0.493 e. The van der Waals surface area contributed by atoms with E-state index in [2.05, 4.69) is 10.1 Å². The fourth-order valence-electron chi connectivity index (χ4n) is 4.28. The van der Waals surface area contributed by atoms with E-state index in [0.29, 0.717) is 41.4 Å². The van der Waals surface area contributed by atoms with Gasteiger partial charge in [-0.05, 0) is 37.8 Å². The van der Waals surface area contributed by atoms with E-state index in [1.807, 2.05) is 17.9 Å². The molecule has 1 aliphatic heterocycles. The Bertz CT molecular complexity index is 1170. The number of likely N-dealkylation sites (tertiary alicyclic amines) is 1. The van der Waals surface area contributed by atoms with Gasteiger partial charge in [0.15, 0.2) is 17.1 Å². The second kappa shape index (κ2) is 8.94.